The van der Waals surface area contributed by atoms with Gasteiger partial charge in [-0.2, -0.15) is 8.42 Å². The van der Waals surface area contributed by atoms with Crippen LogP contribution in [0.1, 0.15) is 19.3 Å². The molecule has 0 bridgehead atoms. The first-order valence-electron chi connectivity index (χ1n) is 6.16. The van der Waals surface area contributed by atoms with Gasteiger partial charge in [0.05, 0.1) is 22.0 Å². The molecule has 1 aliphatic carbocycles. The highest BCUT2D eigenvalue weighted by Gasteiger charge is 2.32. The van der Waals surface area contributed by atoms with Crippen LogP contribution in [0.4, 0.5) is 5.69 Å². The smallest absolute Gasteiger partial charge is 0.263 e. The van der Waals surface area contributed by atoms with Crippen LogP contribution in [-0.2, 0) is 14.3 Å². The Morgan fingerprint density at radius 3 is 2.57 bits per heavy atom. The molecule has 1 fully saturated rings. The minimum absolute atomic E-state index is 0.167. The van der Waals surface area contributed by atoms with Crippen LogP contribution < -0.4 is 0 Å². The van der Waals surface area contributed by atoms with E-state index >= 15 is 0 Å². The van der Waals surface area contributed by atoms with Crippen molar-refractivity contribution < 1.29 is 17.5 Å². The van der Waals surface area contributed by atoms with E-state index in [-0.39, 0.29) is 10.6 Å². The van der Waals surface area contributed by atoms with Crippen molar-refractivity contribution in [1.82, 2.24) is 0 Å². The Kier molecular flexibility index (Phi) is 4.41. The standard InChI is InChI=1S/C11H12N4O5S/c12-14-13-10-2-1-3-11(10)20-21(18,19)9-6-4-8(5-7-9)15(16)17/h4-7,10-11H,1-3H2/t10-,11+/m0/s1. The maximum atomic E-state index is 12.1. The van der Waals surface area contributed by atoms with Gasteiger partial charge in [-0.3, -0.25) is 14.3 Å². The zero-order valence-electron chi connectivity index (χ0n) is 10.8. The first-order chi connectivity index (χ1) is 9.94. The van der Waals surface area contributed by atoms with E-state index in [4.69, 9.17) is 9.71 Å². The van der Waals surface area contributed by atoms with E-state index in [1.807, 2.05) is 0 Å². The predicted molar refractivity (Wildman–Crippen MR) is 71.9 cm³/mol. The third-order valence-corrected chi connectivity index (χ3v) is 4.55. The lowest BCUT2D eigenvalue weighted by molar-refractivity contribution is -0.384. The van der Waals surface area contributed by atoms with Crippen molar-refractivity contribution in [1.29, 1.82) is 0 Å². The highest BCUT2D eigenvalue weighted by atomic mass is 32.2. The van der Waals surface area contributed by atoms with Gasteiger partial charge in [-0.05, 0) is 30.5 Å². The Bertz CT molecular complexity index is 681. The zero-order chi connectivity index (χ0) is 15.5. The van der Waals surface area contributed by atoms with E-state index < -0.39 is 27.2 Å². The Morgan fingerprint density at radius 2 is 2.00 bits per heavy atom. The van der Waals surface area contributed by atoms with Gasteiger partial charge >= 0.3 is 0 Å². The molecule has 2 rings (SSSR count). The molecule has 1 saturated carbocycles. The summed E-state index contributed by atoms with van der Waals surface area (Å²) in [6.45, 7) is 0. The van der Waals surface area contributed by atoms with Crippen molar-refractivity contribution in [2.75, 3.05) is 0 Å². The van der Waals surface area contributed by atoms with Crippen molar-refractivity contribution in [3.05, 3.63) is 44.8 Å². The van der Waals surface area contributed by atoms with Gasteiger partial charge in [-0.15, -0.1) is 0 Å². The summed E-state index contributed by atoms with van der Waals surface area (Å²) in [5, 5.41) is 14.1. The number of nitrogens with zero attached hydrogens (tertiary/aromatic N) is 4. The number of nitro groups is 1. The molecule has 1 aromatic rings. The minimum Gasteiger partial charge on any atom is -0.263 e. The predicted octanol–water partition coefficient (Wildman–Crippen LogP) is 2.53. The lowest BCUT2D eigenvalue weighted by Crippen LogP contribution is -2.24. The molecule has 1 aromatic carbocycles. The van der Waals surface area contributed by atoms with Gasteiger partial charge in [0, 0.05) is 17.0 Å². The molecule has 0 heterocycles. The van der Waals surface area contributed by atoms with Crippen LogP contribution >= 0.6 is 0 Å². The second-order valence-electron chi connectivity index (χ2n) is 4.54. The molecule has 0 aromatic heterocycles. The van der Waals surface area contributed by atoms with Crippen molar-refractivity contribution in [2.45, 2.75) is 36.3 Å². The lowest BCUT2D eigenvalue weighted by atomic mass is 10.2. The molecule has 0 spiro atoms. The van der Waals surface area contributed by atoms with Crippen LogP contribution in [0.25, 0.3) is 10.4 Å². The second-order valence-corrected chi connectivity index (χ2v) is 6.12. The van der Waals surface area contributed by atoms with E-state index in [0.29, 0.717) is 19.3 Å². The van der Waals surface area contributed by atoms with Gasteiger partial charge in [0.2, 0.25) is 0 Å². The summed E-state index contributed by atoms with van der Waals surface area (Å²) in [5.74, 6) is 0. The van der Waals surface area contributed by atoms with E-state index in [1.165, 1.54) is 0 Å². The number of azide groups is 1. The summed E-state index contributed by atoms with van der Waals surface area (Å²) in [6.07, 6.45) is 1.07. The van der Waals surface area contributed by atoms with Crippen LogP contribution in [0, 0.1) is 10.1 Å². The Balaban J connectivity index is 2.18. The molecule has 2 atom stereocenters. The Morgan fingerprint density at radius 1 is 1.33 bits per heavy atom. The van der Waals surface area contributed by atoms with Gasteiger partial charge in [0.15, 0.2) is 0 Å². The average Bonchev–Trinajstić information content (AvgIpc) is 2.86. The fourth-order valence-electron chi connectivity index (χ4n) is 2.17. The summed E-state index contributed by atoms with van der Waals surface area (Å²) < 4.78 is 29.3. The molecule has 0 saturated heterocycles. The van der Waals surface area contributed by atoms with Crippen molar-refractivity contribution in [2.24, 2.45) is 5.11 Å². The van der Waals surface area contributed by atoms with E-state index in [2.05, 4.69) is 10.0 Å². The third-order valence-electron chi connectivity index (χ3n) is 3.20. The van der Waals surface area contributed by atoms with Gasteiger partial charge in [0.25, 0.3) is 15.8 Å². The molecule has 0 amide bonds. The Hall–Kier alpha value is -2.16. The van der Waals surface area contributed by atoms with Crippen LogP contribution in [-0.4, -0.2) is 25.5 Å². The fourth-order valence-corrected chi connectivity index (χ4v) is 3.30. The van der Waals surface area contributed by atoms with Crippen molar-refractivity contribution in [3.63, 3.8) is 0 Å². The molecule has 1 aliphatic rings. The summed E-state index contributed by atoms with van der Waals surface area (Å²) in [5.41, 5.74) is 8.23. The minimum atomic E-state index is -4.04. The molecular weight excluding hydrogens is 300 g/mol. The number of non-ortho nitro benzene ring substituents is 1. The first kappa shape index (κ1) is 15.2. The quantitative estimate of drug-likeness (QED) is 0.205. The SMILES string of the molecule is [N-]=[N+]=N[C@H]1CCC[C@H]1OS(=O)(=O)c1ccc([N+](=O)[O-])cc1. The summed E-state index contributed by atoms with van der Waals surface area (Å²) in [4.78, 5) is 12.4. The fraction of sp³-hybridized carbons (Fsp3) is 0.455. The van der Waals surface area contributed by atoms with E-state index in [1.54, 1.807) is 0 Å². The number of hydrogen-bond donors (Lipinski definition) is 0. The van der Waals surface area contributed by atoms with Gasteiger partial charge < -0.3 is 0 Å². The number of nitro benzene ring substituents is 1. The molecule has 112 valence electrons. The topological polar surface area (TPSA) is 135 Å². The number of rotatable bonds is 5. The molecule has 9 nitrogen and oxygen atoms in total. The highest BCUT2D eigenvalue weighted by molar-refractivity contribution is 7.86. The van der Waals surface area contributed by atoms with Crippen LogP contribution in [0.5, 0.6) is 0 Å². The first-order valence-corrected chi connectivity index (χ1v) is 7.57. The largest absolute Gasteiger partial charge is 0.297 e. The van der Waals surface area contributed by atoms with Crippen LogP contribution in [0.15, 0.2) is 34.3 Å². The van der Waals surface area contributed by atoms with Crippen molar-refractivity contribution >= 4 is 15.8 Å². The maximum absolute atomic E-state index is 12.1. The monoisotopic (exact) mass is 312 g/mol. The number of benzene rings is 1. The number of hydrogen-bond acceptors (Lipinski definition) is 6. The second kappa shape index (κ2) is 6.08. The Labute approximate surface area is 120 Å². The van der Waals surface area contributed by atoms with Crippen LogP contribution in [0.2, 0.25) is 0 Å². The van der Waals surface area contributed by atoms with Crippen LogP contribution in [0.3, 0.4) is 0 Å². The van der Waals surface area contributed by atoms with Gasteiger partial charge in [0.1, 0.15) is 0 Å². The molecule has 0 aliphatic heterocycles. The highest BCUT2D eigenvalue weighted by Crippen LogP contribution is 2.28. The molecule has 10 heteroatoms. The summed E-state index contributed by atoms with van der Waals surface area (Å²) in [6, 6.07) is 3.91. The summed E-state index contributed by atoms with van der Waals surface area (Å²) in [7, 11) is -4.04. The molecule has 21 heavy (non-hydrogen) atoms. The van der Waals surface area contributed by atoms with Crippen molar-refractivity contribution in [3.8, 4) is 0 Å². The van der Waals surface area contributed by atoms with E-state index in [0.717, 1.165) is 24.3 Å². The molecule has 0 unspecified atom stereocenters. The average molecular weight is 312 g/mol. The normalized spacial score (nSPS) is 21.7. The van der Waals surface area contributed by atoms with Gasteiger partial charge in [-0.1, -0.05) is 11.5 Å². The van der Waals surface area contributed by atoms with Gasteiger partial charge in [-0.25, -0.2) is 0 Å². The lowest BCUT2D eigenvalue weighted by Gasteiger charge is -2.15. The summed E-state index contributed by atoms with van der Waals surface area (Å²) >= 11 is 0. The van der Waals surface area contributed by atoms with E-state index in [9.17, 15) is 18.5 Å². The molecular formula is C11H12N4O5S. The maximum Gasteiger partial charge on any atom is 0.297 e. The molecule has 0 radical (unpaired) electrons. The molecule has 0 N–H and O–H groups in total. The third kappa shape index (κ3) is 3.48. The zero-order valence-corrected chi connectivity index (χ0v) is 11.6.